The van der Waals surface area contributed by atoms with E-state index in [0.29, 0.717) is 24.3 Å². The number of alkyl halides is 9. The number of hydrogen-bond donors (Lipinski definition) is 0. The normalized spacial score (nSPS) is 13.0. The van der Waals surface area contributed by atoms with Gasteiger partial charge < -0.3 is 9.47 Å². The predicted molar refractivity (Wildman–Crippen MR) is 74.1 cm³/mol. The van der Waals surface area contributed by atoms with Gasteiger partial charge in [0.25, 0.3) is 0 Å². The van der Waals surface area contributed by atoms with Gasteiger partial charge in [0.1, 0.15) is 17.4 Å². The molecule has 0 amide bonds. The summed E-state index contributed by atoms with van der Waals surface area (Å²) in [6.45, 7) is 0. The van der Waals surface area contributed by atoms with Crippen LogP contribution in [0.15, 0.2) is 48.5 Å². The molecule has 148 valence electrons. The summed E-state index contributed by atoms with van der Waals surface area (Å²) in [5.41, 5.74) is -0.831. The van der Waals surface area contributed by atoms with E-state index in [9.17, 15) is 39.5 Å². The summed E-state index contributed by atoms with van der Waals surface area (Å²) in [7, 11) is 0. The van der Waals surface area contributed by atoms with Gasteiger partial charge in [0.2, 0.25) is 0 Å². The third kappa shape index (κ3) is 6.26. The molecule has 2 aromatic rings. The van der Waals surface area contributed by atoms with E-state index in [0.717, 1.165) is 24.3 Å². The average Bonchev–Trinajstić information content (AvgIpc) is 2.47. The van der Waals surface area contributed by atoms with Gasteiger partial charge in [-0.2, -0.15) is 13.2 Å². The Kier molecular flexibility index (Phi) is 5.52. The first-order valence-corrected chi connectivity index (χ1v) is 7.03. The lowest BCUT2D eigenvalue weighted by Crippen LogP contribution is -2.22. The Hall–Kier alpha value is -2.59. The Balaban J connectivity index is 2.31. The highest BCUT2D eigenvalue weighted by Crippen LogP contribution is 2.41. The van der Waals surface area contributed by atoms with Crippen LogP contribution in [0, 0.1) is 0 Å². The summed E-state index contributed by atoms with van der Waals surface area (Å²) < 4.78 is 120. The van der Waals surface area contributed by atoms with Crippen molar-refractivity contribution >= 4 is 0 Å². The molecule has 27 heavy (non-hydrogen) atoms. The van der Waals surface area contributed by atoms with Crippen molar-refractivity contribution in [2.75, 3.05) is 0 Å². The van der Waals surface area contributed by atoms with E-state index in [4.69, 9.17) is 0 Å². The number of halogens is 9. The summed E-state index contributed by atoms with van der Waals surface area (Å²) in [6, 6.07) is 6.01. The van der Waals surface area contributed by atoms with Gasteiger partial charge in [-0.1, -0.05) is 24.3 Å². The lowest BCUT2D eigenvalue weighted by Gasteiger charge is -2.22. The Labute approximate surface area is 146 Å². The van der Waals surface area contributed by atoms with E-state index >= 15 is 0 Å². The maximum Gasteiger partial charge on any atom is 0.573 e. The summed E-state index contributed by atoms with van der Waals surface area (Å²) in [5, 5.41) is 0. The molecule has 11 heteroatoms. The highest BCUT2D eigenvalue weighted by atomic mass is 19.4. The fourth-order valence-corrected chi connectivity index (χ4v) is 2.29. The predicted octanol–water partition coefficient (Wildman–Crippen LogP) is 6.18. The number of rotatable bonds is 4. The quantitative estimate of drug-likeness (QED) is 0.567. The van der Waals surface area contributed by atoms with Crippen molar-refractivity contribution in [1.29, 1.82) is 0 Å². The van der Waals surface area contributed by atoms with Crippen LogP contribution in [0.4, 0.5) is 39.5 Å². The van der Waals surface area contributed by atoms with Gasteiger partial charge in [-0.25, -0.2) is 0 Å². The SMILES string of the molecule is FC(F)(F)Oc1ccc(C(c2ccc(OC(F)(F)F)cc2)C(F)(F)F)cc1. The van der Waals surface area contributed by atoms with Gasteiger partial charge in [0, 0.05) is 0 Å². The van der Waals surface area contributed by atoms with Crippen molar-refractivity contribution in [3.63, 3.8) is 0 Å². The molecule has 0 heterocycles. The molecule has 0 fully saturated rings. The number of ether oxygens (including phenoxy) is 2. The summed E-state index contributed by atoms with van der Waals surface area (Å²) >= 11 is 0. The summed E-state index contributed by atoms with van der Waals surface area (Å²) in [6.07, 6.45) is -14.8. The molecule has 0 bridgehead atoms. The van der Waals surface area contributed by atoms with E-state index in [1.54, 1.807) is 0 Å². The fraction of sp³-hybridized carbons (Fsp3) is 0.250. The van der Waals surface area contributed by atoms with Crippen LogP contribution in [0.1, 0.15) is 17.0 Å². The molecule has 2 nitrogen and oxygen atoms in total. The molecule has 0 unspecified atom stereocenters. The third-order valence-electron chi connectivity index (χ3n) is 3.22. The van der Waals surface area contributed by atoms with Crippen molar-refractivity contribution in [2.45, 2.75) is 24.8 Å². The van der Waals surface area contributed by atoms with Crippen LogP contribution in [0.5, 0.6) is 11.5 Å². The van der Waals surface area contributed by atoms with Crippen LogP contribution < -0.4 is 9.47 Å². The zero-order valence-corrected chi connectivity index (χ0v) is 12.9. The molecule has 0 saturated heterocycles. The van der Waals surface area contributed by atoms with Crippen LogP contribution in [-0.2, 0) is 0 Å². The van der Waals surface area contributed by atoms with Crippen molar-refractivity contribution in [2.24, 2.45) is 0 Å². The molecule has 2 rings (SSSR count). The first-order valence-electron chi connectivity index (χ1n) is 7.03. The lowest BCUT2D eigenvalue weighted by atomic mass is 9.90. The minimum absolute atomic E-state index is 0.415. The van der Waals surface area contributed by atoms with E-state index < -0.39 is 47.4 Å². The highest BCUT2D eigenvalue weighted by molar-refractivity contribution is 5.39. The standard InChI is InChI=1S/C16H9F9O2/c17-14(18,19)13(9-1-5-11(6-2-9)26-15(20,21)22)10-3-7-12(8-4-10)27-16(23,24)25/h1-8,13H. The minimum atomic E-state index is -5.00. The van der Waals surface area contributed by atoms with E-state index in [1.165, 1.54) is 0 Å². The first-order chi connectivity index (χ1) is 12.2. The van der Waals surface area contributed by atoms with Gasteiger partial charge in [-0.05, 0) is 35.4 Å². The van der Waals surface area contributed by atoms with E-state index in [-0.39, 0.29) is 0 Å². The van der Waals surface area contributed by atoms with Crippen LogP contribution in [0.25, 0.3) is 0 Å². The summed E-state index contributed by atoms with van der Waals surface area (Å²) in [4.78, 5) is 0. The Morgan fingerprint density at radius 3 is 1.04 bits per heavy atom. The first kappa shape index (κ1) is 20.7. The van der Waals surface area contributed by atoms with E-state index in [2.05, 4.69) is 9.47 Å². The second-order valence-electron chi connectivity index (χ2n) is 5.21. The fourth-order valence-electron chi connectivity index (χ4n) is 2.29. The third-order valence-corrected chi connectivity index (χ3v) is 3.22. The second kappa shape index (κ2) is 7.20. The van der Waals surface area contributed by atoms with Crippen molar-refractivity contribution in [1.82, 2.24) is 0 Å². The van der Waals surface area contributed by atoms with Crippen LogP contribution in [-0.4, -0.2) is 18.9 Å². The molecule has 2 aromatic carbocycles. The molecule has 0 aliphatic rings. The smallest absolute Gasteiger partial charge is 0.406 e. The summed E-state index contributed by atoms with van der Waals surface area (Å²) in [5.74, 6) is -3.68. The molecule has 0 saturated carbocycles. The van der Waals surface area contributed by atoms with Gasteiger partial charge >= 0.3 is 18.9 Å². The van der Waals surface area contributed by atoms with Crippen LogP contribution >= 0.6 is 0 Å². The maximum atomic E-state index is 13.4. The largest absolute Gasteiger partial charge is 0.573 e. The second-order valence-corrected chi connectivity index (χ2v) is 5.21. The monoisotopic (exact) mass is 404 g/mol. The van der Waals surface area contributed by atoms with Gasteiger partial charge in [0.15, 0.2) is 0 Å². The molecular weight excluding hydrogens is 395 g/mol. The molecule has 0 N–H and O–H groups in total. The topological polar surface area (TPSA) is 18.5 Å². The van der Waals surface area contributed by atoms with Crippen molar-refractivity contribution in [3.05, 3.63) is 59.7 Å². The van der Waals surface area contributed by atoms with Gasteiger partial charge in [-0.15, -0.1) is 26.3 Å². The van der Waals surface area contributed by atoms with E-state index in [1.807, 2.05) is 0 Å². The van der Waals surface area contributed by atoms with Crippen molar-refractivity contribution < 1.29 is 49.0 Å². The minimum Gasteiger partial charge on any atom is -0.406 e. The molecule has 0 atom stereocenters. The van der Waals surface area contributed by atoms with Crippen molar-refractivity contribution in [3.8, 4) is 11.5 Å². The molecule has 0 aliphatic heterocycles. The van der Waals surface area contributed by atoms with Crippen LogP contribution in [0.3, 0.4) is 0 Å². The average molecular weight is 404 g/mol. The zero-order valence-electron chi connectivity index (χ0n) is 12.9. The number of hydrogen-bond acceptors (Lipinski definition) is 2. The zero-order chi connectivity index (χ0) is 20.5. The molecular formula is C16H9F9O2. The number of benzene rings is 2. The highest BCUT2D eigenvalue weighted by Gasteiger charge is 2.42. The molecule has 0 aromatic heterocycles. The Morgan fingerprint density at radius 1 is 0.519 bits per heavy atom. The van der Waals surface area contributed by atoms with Crippen LogP contribution in [0.2, 0.25) is 0 Å². The molecule has 0 aliphatic carbocycles. The Bertz CT molecular complexity index is 684. The molecule has 0 spiro atoms. The Morgan fingerprint density at radius 2 is 0.815 bits per heavy atom. The lowest BCUT2D eigenvalue weighted by molar-refractivity contribution is -0.275. The molecule has 0 radical (unpaired) electrons. The van der Waals surface area contributed by atoms with Gasteiger partial charge in [-0.3, -0.25) is 0 Å². The van der Waals surface area contributed by atoms with Gasteiger partial charge in [0.05, 0.1) is 0 Å². The maximum absolute atomic E-state index is 13.4.